The molecule has 41 heavy (non-hydrogen) atoms. The summed E-state index contributed by atoms with van der Waals surface area (Å²) in [6.07, 6.45) is 5.99. The van der Waals surface area contributed by atoms with E-state index in [-0.39, 0.29) is 0 Å². The first-order valence-corrected chi connectivity index (χ1v) is 14.1. The molecule has 0 unspecified atom stereocenters. The van der Waals surface area contributed by atoms with Crippen molar-refractivity contribution in [2.45, 2.75) is 34.6 Å². The molecule has 0 fully saturated rings. The Morgan fingerprint density at radius 3 is 1.83 bits per heavy atom. The Kier molecular flexibility index (Phi) is 8.40. The lowest BCUT2D eigenvalue weighted by Crippen LogP contribution is -2.00. The quantitative estimate of drug-likeness (QED) is 0.221. The van der Waals surface area contributed by atoms with Crippen LogP contribution in [0.1, 0.15) is 37.6 Å². The van der Waals surface area contributed by atoms with Gasteiger partial charge in [0.1, 0.15) is 0 Å². The molecule has 4 aromatic carbocycles. The van der Waals surface area contributed by atoms with Gasteiger partial charge in [-0.15, -0.1) is 0 Å². The summed E-state index contributed by atoms with van der Waals surface area (Å²) in [5.74, 6) is 1.95. The normalized spacial score (nSPS) is 11.0. The monoisotopic (exact) mass is 534 g/mol. The SMILES string of the molecule is C/C=C\c1cc(-c2nc(-c3ccc(-c4cccnc4C)cc3)nc(-c3ccc4ccccc4c3)n2)ccc1C.CC. The van der Waals surface area contributed by atoms with Crippen LogP contribution < -0.4 is 0 Å². The molecule has 2 heterocycles. The van der Waals surface area contributed by atoms with Gasteiger partial charge in [-0.05, 0) is 66.4 Å². The maximum atomic E-state index is 4.96. The van der Waals surface area contributed by atoms with Gasteiger partial charge in [-0.3, -0.25) is 4.98 Å². The molecule has 0 radical (unpaired) electrons. The molecule has 4 nitrogen and oxygen atoms in total. The van der Waals surface area contributed by atoms with Gasteiger partial charge in [0.25, 0.3) is 0 Å². The predicted octanol–water partition coefficient (Wildman–Crippen LogP) is 9.76. The minimum atomic E-state index is 0.644. The third-order valence-corrected chi connectivity index (χ3v) is 6.99. The predicted molar refractivity (Wildman–Crippen MR) is 172 cm³/mol. The fourth-order valence-electron chi connectivity index (χ4n) is 4.82. The molecule has 6 aromatic rings. The van der Waals surface area contributed by atoms with E-state index in [1.165, 1.54) is 10.9 Å². The fourth-order valence-corrected chi connectivity index (χ4v) is 4.82. The molecule has 0 amide bonds. The van der Waals surface area contributed by atoms with Crippen molar-refractivity contribution in [3.8, 4) is 45.3 Å². The zero-order valence-electron chi connectivity index (χ0n) is 24.3. The van der Waals surface area contributed by atoms with E-state index in [1.54, 1.807) is 0 Å². The van der Waals surface area contributed by atoms with Crippen LogP contribution in [-0.2, 0) is 0 Å². The van der Waals surface area contributed by atoms with Gasteiger partial charge in [-0.1, -0.05) is 105 Å². The van der Waals surface area contributed by atoms with Gasteiger partial charge in [0.05, 0.1) is 0 Å². The number of benzene rings is 4. The van der Waals surface area contributed by atoms with Gasteiger partial charge >= 0.3 is 0 Å². The van der Waals surface area contributed by atoms with Crippen molar-refractivity contribution in [1.29, 1.82) is 0 Å². The summed E-state index contributed by atoms with van der Waals surface area (Å²) in [6.45, 7) is 10.2. The molecule has 0 bridgehead atoms. The third kappa shape index (κ3) is 5.97. The maximum Gasteiger partial charge on any atom is 0.164 e. The number of nitrogens with zero attached hydrogens (tertiary/aromatic N) is 4. The first-order chi connectivity index (χ1) is 20.1. The molecule has 0 atom stereocenters. The maximum absolute atomic E-state index is 4.96. The van der Waals surface area contributed by atoms with Crippen LogP contribution in [0.5, 0.6) is 0 Å². The van der Waals surface area contributed by atoms with Crippen molar-refractivity contribution >= 4 is 16.8 Å². The Bertz CT molecular complexity index is 1840. The molecule has 0 N–H and O–H groups in total. The highest BCUT2D eigenvalue weighted by atomic mass is 15.0. The molecule has 202 valence electrons. The lowest BCUT2D eigenvalue weighted by molar-refractivity contribution is 1.07. The minimum Gasteiger partial charge on any atom is -0.261 e. The fraction of sp³-hybridized carbons (Fsp3) is 0.135. The van der Waals surface area contributed by atoms with Crippen molar-refractivity contribution < 1.29 is 0 Å². The highest BCUT2D eigenvalue weighted by Crippen LogP contribution is 2.30. The minimum absolute atomic E-state index is 0.644. The summed E-state index contributed by atoms with van der Waals surface area (Å²) < 4.78 is 0. The molecule has 2 aromatic heterocycles. The number of hydrogen-bond acceptors (Lipinski definition) is 4. The van der Waals surface area contributed by atoms with Crippen LogP contribution >= 0.6 is 0 Å². The van der Waals surface area contributed by atoms with E-state index < -0.39 is 0 Å². The van der Waals surface area contributed by atoms with Crippen LogP contribution in [0.2, 0.25) is 0 Å². The highest BCUT2D eigenvalue weighted by molar-refractivity contribution is 5.86. The second-order valence-electron chi connectivity index (χ2n) is 9.65. The molecule has 6 rings (SSSR count). The van der Waals surface area contributed by atoms with E-state index >= 15 is 0 Å². The molecule has 0 saturated heterocycles. The van der Waals surface area contributed by atoms with Gasteiger partial charge in [-0.25, -0.2) is 15.0 Å². The highest BCUT2D eigenvalue weighted by Gasteiger charge is 2.14. The van der Waals surface area contributed by atoms with Crippen molar-refractivity contribution in [2.24, 2.45) is 0 Å². The Hall–Kier alpha value is -4.96. The van der Waals surface area contributed by atoms with Crippen LogP contribution in [-0.4, -0.2) is 19.9 Å². The number of allylic oxidation sites excluding steroid dienone is 1. The average Bonchev–Trinajstić information content (AvgIpc) is 3.03. The van der Waals surface area contributed by atoms with Crippen LogP contribution in [0.3, 0.4) is 0 Å². The van der Waals surface area contributed by atoms with E-state index in [0.717, 1.165) is 44.5 Å². The van der Waals surface area contributed by atoms with Gasteiger partial charge in [0.15, 0.2) is 17.5 Å². The molecule has 0 aliphatic carbocycles. The second-order valence-corrected chi connectivity index (χ2v) is 9.65. The van der Waals surface area contributed by atoms with E-state index in [2.05, 4.69) is 115 Å². The summed E-state index contributed by atoms with van der Waals surface area (Å²) in [5, 5.41) is 2.34. The first kappa shape index (κ1) is 27.6. The molecule has 0 saturated carbocycles. The van der Waals surface area contributed by atoms with Crippen LogP contribution in [0, 0.1) is 13.8 Å². The number of aromatic nitrogens is 4. The summed E-state index contributed by atoms with van der Waals surface area (Å²) >= 11 is 0. The van der Waals surface area contributed by atoms with Crippen molar-refractivity contribution in [1.82, 2.24) is 19.9 Å². The zero-order chi connectivity index (χ0) is 28.8. The molecule has 0 spiro atoms. The lowest BCUT2D eigenvalue weighted by atomic mass is 10.0. The number of aryl methyl sites for hydroxylation is 2. The smallest absolute Gasteiger partial charge is 0.164 e. The van der Waals surface area contributed by atoms with Crippen molar-refractivity contribution in [2.75, 3.05) is 0 Å². The topological polar surface area (TPSA) is 51.6 Å². The van der Waals surface area contributed by atoms with Crippen LogP contribution in [0.15, 0.2) is 109 Å². The summed E-state index contributed by atoms with van der Waals surface area (Å²) in [4.78, 5) is 19.3. The number of fused-ring (bicyclic) bond motifs is 1. The van der Waals surface area contributed by atoms with E-state index in [9.17, 15) is 0 Å². The number of rotatable bonds is 5. The van der Waals surface area contributed by atoms with Gasteiger partial charge < -0.3 is 0 Å². The molecular formula is C37H34N4. The lowest BCUT2D eigenvalue weighted by Gasteiger charge is -2.11. The van der Waals surface area contributed by atoms with Gasteiger partial charge in [-0.2, -0.15) is 0 Å². The molecular weight excluding hydrogens is 500 g/mol. The Labute approximate surface area is 242 Å². The summed E-state index contributed by atoms with van der Waals surface area (Å²) in [7, 11) is 0. The standard InChI is InChI=1S/C35H28N4.C2H6/c1-4-8-28-21-30(13-12-23(28)2)34-37-33(27-17-15-26(16-18-27)32-11-7-20-36-24(32)3)38-35(39-34)31-19-14-25-9-5-6-10-29(25)22-31;1-2/h4-22H,1-3H3;1-2H3/b8-4-;. The third-order valence-electron chi connectivity index (χ3n) is 6.99. The Balaban J connectivity index is 0.00000165. The van der Waals surface area contributed by atoms with Gasteiger partial charge in [0.2, 0.25) is 0 Å². The first-order valence-electron chi connectivity index (χ1n) is 14.1. The van der Waals surface area contributed by atoms with E-state index in [4.69, 9.17) is 15.0 Å². The van der Waals surface area contributed by atoms with Gasteiger partial charge in [0, 0.05) is 34.1 Å². The summed E-state index contributed by atoms with van der Waals surface area (Å²) in [6, 6.07) is 33.5. The molecule has 4 heteroatoms. The van der Waals surface area contributed by atoms with Crippen LogP contribution in [0.25, 0.3) is 62.1 Å². The Morgan fingerprint density at radius 1 is 0.561 bits per heavy atom. The number of pyridine rings is 1. The van der Waals surface area contributed by atoms with Crippen LogP contribution in [0.4, 0.5) is 0 Å². The van der Waals surface area contributed by atoms with Crippen molar-refractivity contribution in [3.63, 3.8) is 0 Å². The zero-order valence-corrected chi connectivity index (χ0v) is 24.3. The summed E-state index contributed by atoms with van der Waals surface area (Å²) in [5.41, 5.74) is 8.46. The molecule has 0 aliphatic heterocycles. The number of hydrogen-bond donors (Lipinski definition) is 0. The average molecular weight is 535 g/mol. The van der Waals surface area contributed by atoms with E-state index in [0.29, 0.717) is 17.5 Å². The largest absolute Gasteiger partial charge is 0.261 e. The second kappa shape index (κ2) is 12.5. The molecule has 0 aliphatic rings. The van der Waals surface area contributed by atoms with Crippen molar-refractivity contribution in [3.05, 3.63) is 126 Å². The Morgan fingerprint density at radius 2 is 1.15 bits per heavy atom. The van der Waals surface area contributed by atoms with E-state index in [1.807, 2.05) is 40.0 Å².